The smallest absolute Gasteiger partial charge is 0.180 e. The van der Waals surface area contributed by atoms with E-state index in [4.69, 9.17) is 23.2 Å². The van der Waals surface area contributed by atoms with Gasteiger partial charge in [0.25, 0.3) is 0 Å². The molecule has 0 radical (unpaired) electrons. The van der Waals surface area contributed by atoms with Crippen LogP contribution in [0.3, 0.4) is 0 Å². The Bertz CT molecular complexity index is 606. The SMILES string of the molecule is CNCCc1c(C)nc(-c2ncc(Cl)cc2Cl)nc1C. The molecule has 106 valence electrons. The molecule has 0 unspecified atom stereocenters. The second kappa shape index (κ2) is 6.48. The fourth-order valence-electron chi connectivity index (χ4n) is 2.04. The van der Waals surface area contributed by atoms with Gasteiger partial charge in [0.2, 0.25) is 0 Å². The lowest BCUT2D eigenvalue weighted by Gasteiger charge is -2.11. The molecule has 0 aromatic carbocycles. The first-order valence-electron chi connectivity index (χ1n) is 6.33. The number of halogens is 2. The van der Waals surface area contributed by atoms with Crippen molar-refractivity contribution in [3.05, 3.63) is 39.3 Å². The molecule has 2 heterocycles. The molecule has 0 saturated carbocycles. The molecule has 4 nitrogen and oxygen atoms in total. The van der Waals surface area contributed by atoms with Gasteiger partial charge in [-0.3, -0.25) is 0 Å². The second-order valence-electron chi connectivity index (χ2n) is 4.53. The Morgan fingerprint density at radius 2 is 1.80 bits per heavy atom. The van der Waals surface area contributed by atoms with Crippen LogP contribution in [0.5, 0.6) is 0 Å². The molecule has 2 aromatic heterocycles. The summed E-state index contributed by atoms with van der Waals surface area (Å²) in [6.45, 7) is 4.85. The molecule has 2 aromatic rings. The molecule has 1 N–H and O–H groups in total. The van der Waals surface area contributed by atoms with Crippen LogP contribution >= 0.6 is 23.2 Å². The molecular formula is C14H16Cl2N4. The number of pyridine rings is 1. The minimum atomic E-state index is 0.458. The van der Waals surface area contributed by atoms with E-state index in [2.05, 4.69) is 20.3 Å². The standard InChI is InChI=1S/C14H16Cl2N4/c1-8-11(4-5-17-3)9(2)20-14(19-8)13-12(16)6-10(15)7-18-13/h6-7,17H,4-5H2,1-3H3. The lowest BCUT2D eigenvalue weighted by molar-refractivity contribution is 0.774. The molecular weight excluding hydrogens is 295 g/mol. The maximum Gasteiger partial charge on any atom is 0.180 e. The molecule has 0 fully saturated rings. The highest BCUT2D eigenvalue weighted by atomic mass is 35.5. The van der Waals surface area contributed by atoms with Gasteiger partial charge in [0.15, 0.2) is 5.82 Å². The van der Waals surface area contributed by atoms with E-state index in [-0.39, 0.29) is 0 Å². The summed E-state index contributed by atoms with van der Waals surface area (Å²) in [7, 11) is 1.93. The molecule has 0 aliphatic heterocycles. The average Bonchev–Trinajstić information content (AvgIpc) is 2.37. The summed E-state index contributed by atoms with van der Waals surface area (Å²) in [6.07, 6.45) is 2.45. The van der Waals surface area contributed by atoms with Gasteiger partial charge in [-0.05, 0) is 45.5 Å². The fraction of sp³-hybridized carbons (Fsp3) is 0.357. The molecule has 0 spiro atoms. The van der Waals surface area contributed by atoms with Crippen molar-refractivity contribution in [3.8, 4) is 11.5 Å². The van der Waals surface area contributed by atoms with E-state index in [9.17, 15) is 0 Å². The topological polar surface area (TPSA) is 50.7 Å². The van der Waals surface area contributed by atoms with Gasteiger partial charge in [-0.2, -0.15) is 0 Å². The van der Waals surface area contributed by atoms with E-state index in [0.29, 0.717) is 21.6 Å². The summed E-state index contributed by atoms with van der Waals surface area (Å²) in [5, 5.41) is 4.08. The van der Waals surface area contributed by atoms with Crippen molar-refractivity contribution in [1.29, 1.82) is 0 Å². The Labute approximate surface area is 128 Å². The van der Waals surface area contributed by atoms with Crippen LogP contribution < -0.4 is 5.32 Å². The van der Waals surface area contributed by atoms with Gasteiger partial charge in [-0.15, -0.1) is 0 Å². The van der Waals surface area contributed by atoms with Crippen LogP contribution in [0.15, 0.2) is 12.3 Å². The molecule has 0 aliphatic rings. The fourth-order valence-corrected chi connectivity index (χ4v) is 2.50. The van der Waals surface area contributed by atoms with Gasteiger partial charge in [-0.1, -0.05) is 23.2 Å². The molecule has 0 atom stereocenters. The maximum atomic E-state index is 6.16. The van der Waals surface area contributed by atoms with Crippen LogP contribution in [0.25, 0.3) is 11.5 Å². The van der Waals surface area contributed by atoms with Crippen molar-refractivity contribution in [2.45, 2.75) is 20.3 Å². The predicted molar refractivity (Wildman–Crippen MR) is 82.4 cm³/mol. The van der Waals surface area contributed by atoms with Crippen molar-refractivity contribution in [2.24, 2.45) is 0 Å². The number of nitrogens with zero attached hydrogens (tertiary/aromatic N) is 3. The largest absolute Gasteiger partial charge is 0.319 e. The summed E-state index contributed by atoms with van der Waals surface area (Å²) < 4.78 is 0. The number of likely N-dealkylation sites (N-methyl/N-ethyl adjacent to an activating group) is 1. The minimum Gasteiger partial charge on any atom is -0.319 e. The Balaban J connectivity index is 2.44. The highest BCUT2D eigenvalue weighted by molar-refractivity contribution is 6.35. The number of aryl methyl sites for hydroxylation is 2. The van der Waals surface area contributed by atoms with E-state index < -0.39 is 0 Å². The molecule has 2 rings (SSSR count). The van der Waals surface area contributed by atoms with E-state index in [1.165, 1.54) is 0 Å². The first-order chi connectivity index (χ1) is 9.52. The summed E-state index contributed by atoms with van der Waals surface area (Å²) in [5.41, 5.74) is 3.63. The van der Waals surface area contributed by atoms with Crippen LogP contribution in [-0.2, 0) is 6.42 Å². The van der Waals surface area contributed by atoms with Crippen LogP contribution in [0.1, 0.15) is 17.0 Å². The first kappa shape index (κ1) is 15.2. The number of rotatable bonds is 4. The molecule has 0 saturated heterocycles. The number of nitrogens with one attached hydrogen (secondary N) is 1. The predicted octanol–water partition coefficient (Wildman–Crippen LogP) is 3.22. The van der Waals surface area contributed by atoms with Crippen LogP contribution in [0.4, 0.5) is 0 Å². The maximum absolute atomic E-state index is 6.16. The van der Waals surface area contributed by atoms with Crippen molar-refractivity contribution in [3.63, 3.8) is 0 Å². The number of aromatic nitrogens is 3. The zero-order chi connectivity index (χ0) is 14.7. The Kier molecular flexibility index (Phi) is 4.91. The van der Waals surface area contributed by atoms with E-state index in [1.807, 2.05) is 20.9 Å². The normalized spacial score (nSPS) is 10.8. The third kappa shape index (κ3) is 3.26. The van der Waals surface area contributed by atoms with Crippen LogP contribution in [0, 0.1) is 13.8 Å². The zero-order valence-corrected chi connectivity index (χ0v) is 13.2. The van der Waals surface area contributed by atoms with Gasteiger partial charge in [-0.25, -0.2) is 15.0 Å². The van der Waals surface area contributed by atoms with Crippen LogP contribution in [-0.4, -0.2) is 28.5 Å². The molecule has 20 heavy (non-hydrogen) atoms. The van der Waals surface area contributed by atoms with Crippen molar-refractivity contribution < 1.29 is 0 Å². The highest BCUT2D eigenvalue weighted by Gasteiger charge is 2.13. The van der Waals surface area contributed by atoms with Crippen LogP contribution in [0.2, 0.25) is 10.0 Å². The first-order valence-corrected chi connectivity index (χ1v) is 7.08. The third-order valence-electron chi connectivity index (χ3n) is 3.07. The van der Waals surface area contributed by atoms with Gasteiger partial charge >= 0.3 is 0 Å². The van der Waals surface area contributed by atoms with E-state index in [1.54, 1.807) is 12.3 Å². The lowest BCUT2D eigenvalue weighted by atomic mass is 10.1. The van der Waals surface area contributed by atoms with E-state index >= 15 is 0 Å². The molecule has 6 heteroatoms. The average molecular weight is 311 g/mol. The van der Waals surface area contributed by atoms with Gasteiger partial charge < -0.3 is 5.32 Å². The quantitative estimate of drug-likeness (QED) is 0.942. The van der Waals surface area contributed by atoms with Gasteiger partial charge in [0.05, 0.1) is 10.0 Å². The molecule has 0 amide bonds. The summed E-state index contributed by atoms with van der Waals surface area (Å²) in [6, 6.07) is 1.65. The Hall–Kier alpha value is -1.23. The van der Waals surface area contributed by atoms with Gasteiger partial charge in [0, 0.05) is 17.6 Å². The van der Waals surface area contributed by atoms with Gasteiger partial charge in [0.1, 0.15) is 5.69 Å². The zero-order valence-electron chi connectivity index (χ0n) is 11.7. The second-order valence-corrected chi connectivity index (χ2v) is 5.38. The third-order valence-corrected chi connectivity index (χ3v) is 3.56. The number of hydrogen-bond donors (Lipinski definition) is 1. The Morgan fingerprint density at radius 3 is 2.35 bits per heavy atom. The molecule has 0 bridgehead atoms. The summed E-state index contributed by atoms with van der Waals surface area (Å²) >= 11 is 12.0. The lowest BCUT2D eigenvalue weighted by Crippen LogP contribution is -2.13. The minimum absolute atomic E-state index is 0.458. The van der Waals surface area contributed by atoms with Crippen molar-refractivity contribution >= 4 is 23.2 Å². The molecule has 0 aliphatic carbocycles. The number of hydrogen-bond acceptors (Lipinski definition) is 4. The summed E-state index contributed by atoms with van der Waals surface area (Å²) in [5.74, 6) is 0.537. The van der Waals surface area contributed by atoms with E-state index in [0.717, 1.165) is 29.9 Å². The Morgan fingerprint density at radius 1 is 1.15 bits per heavy atom. The van der Waals surface area contributed by atoms with Crippen molar-refractivity contribution in [2.75, 3.05) is 13.6 Å². The highest BCUT2D eigenvalue weighted by Crippen LogP contribution is 2.26. The van der Waals surface area contributed by atoms with Crippen molar-refractivity contribution in [1.82, 2.24) is 20.3 Å². The summed E-state index contributed by atoms with van der Waals surface area (Å²) in [4.78, 5) is 13.3. The monoisotopic (exact) mass is 310 g/mol.